The summed E-state index contributed by atoms with van der Waals surface area (Å²) in [5, 5.41) is 0. The Morgan fingerprint density at radius 2 is 1.77 bits per heavy atom. The quantitative estimate of drug-likeness (QED) is 0.416. The van der Waals surface area contributed by atoms with E-state index in [1.807, 2.05) is 6.07 Å². The number of aryl methyl sites for hydroxylation is 1. The van der Waals surface area contributed by atoms with Gasteiger partial charge in [0.25, 0.3) is 0 Å². The van der Waals surface area contributed by atoms with Crippen molar-refractivity contribution in [2.45, 2.75) is 59.7 Å². The van der Waals surface area contributed by atoms with E-state index in [1.54, 1.807) is 0 Å². The first-order valence-corrected chi connectivity index (χ1v) is 11.4. The van der Waals surface area contributed by atoms with E-state index in [0.717, 1.165) is 62.0 Å². The molecule has 0 unspecified atom stereocenters. The van der Waals surface area contributed by atoms with Crippen LogP contribution in [0.15, 0.2) is 48.5 Å². The standard InChI is InChI=1S/C26H33N3O2/c1-4-6-15-29-23(20(3)27-26(29)22-10-8-7-9-11-22)18-28(14-5-2)17-21-12-13-24-25(16-21)31-19-30-24/h7-13,16H,4-6,14-15,17-19H2,1-3H3. The average molecular weight is 420 g/mol. The van der Waals surface area contributed by atoms with Crippen LogP contribution in [-0.2, 0) is 19.6 Å². The molecule has 0 saturated carbocycles. The van der Waals surface area contributed by atoms with E-state index >= 15 is 0 Å². The van der Waals surface area contributed by atoms with Gasteiger partial charge >= 0.3 is 0 Å². The van der Waals surface area contributed by atoms with Crippen molar-refractivity contribution >= 4 is 0 Å². The molecule has 5 nitrogen and oxygen atoms in total. The molecular weight excluding hydrogens is 386 g/mol. The van der Waals surface area contributed by atoms with Crippen LogP contribution in [0.3, 0.4) is 0 Å². The zero-order valence-corrected chi connectivity index (χ0v) is 18.9. The molecule has 0 spiro atoms. The van der Waals surface area contributed by atoms with Gasteiger partial charge < -0.3 is 14.0 Å². The van der Waals surface area contributed by atoms with Gasteiger partial charge in [-0.3, -0.25) is 4.90 Å². The highest BCUT2D eigenvalue weighted by Gasteiger charge is 2.19. The van der Waals surface area contributed by atoms with E-state index in [2.05, 4.69) is 72.7 Å². The van der Waals surface area contributed by atoms with E-state index in [1.165, 1.54) is 23.2 Å². The van der Waals surface area contributed by atoms with E-state index in [9.17, 15) is 0 Å². The highest BCUT2D eigenvalue weighted by Crippen LogP contribution is 2.33. The van der Waals surface area contributed by atoms with E-state index < -0.39 is 0 Å². The van der Waals surface area contributed by atoms with Gasteiger partial charge in [-0.25, -0.2) is 4.98 Å². The molecule has 3 aromatic rings. The first-order chi connectivity index (χ1) is 15.2. The van der Waals surface area contributed by atoms with Crippen LogP contribution >= 0.6 is 0 Å². The maximum Gasteiger partial charge on any atom is 0.231 e. The van der Waals surface area contributed by atoms with Crippen LogP contribution in [0, 0.1) is 6.92 Å². The van der Waals surface area contributed by atoms with Gasteiger partial charge in [0.2, 0.25) is 6.79 Å². The van der Waals surface area contributed by atoms with Gasteiger partial charge in [-0.05, 0) is 44.0 Å². The summed E-state index contributed by atoms with van der Waals surface area (Å²) in [6, 6.07) is 16.8. The Labute approximate surface area is 185 Å². The maximum absolute atomic E-state index is 5.58. The van der Waals surface area contributed by atoms with Crippen molar-refractivity contribution in [1.29, 1.82) is 0 Å². The third kappa shape index (κ3) is 4.93. The minimum atomic E-state index is 0.315. The fourth-order valence-corrected chi connectivity index (χ4v) is 4.21. The van der Waals surface area contributed by atoms with Crippen LogP contribution < -0.4 is 9.47 Å². The summed E-state index contributed by atoms with van der Waals surface area (Å²) in [5.41, 5.74) is 4.88. The fourth-order valence-electron chi connectivity index (χ4n) is 4.21. The Morgan fingerprint density at radius 1 is 0.968 bits per heavy atom. The summed E-state index contributed by atoms with van der Waals surface area (Å²) in [7, 11) is 0. The predicted molar refractivity (Wildman–Crippen MR) is 124 cm³/mol. The van der Waals surface area contributed by atoms with Crippen molar-refractivity contribution in [3.63, 3.8) is 0 Å². The van der Waals surface area contributed by atoms with Gasteiger partial charge in [-0.1, -0.05) is 56.7 Å². The zero-order valence-electron chi connectivity index (χ0n) is 18.9. The fraction of sp³-hybridized carbons (Fsp3) is 0.423. The second-order valence-corrected chi connectivity index (χ2v) is 8.24. The van der Waals surface area contributed by atoms with Crippen LogP contribution in [0.25, 0.3) is 11.4 Å². The van der Waals surface area contributed by atoms with Crippen molar-refractivity contribution in [2.75, 3.05) is 13.3 Å². The maximum atomic E-state index is 5.58. The smallest absolute Gasteiger partial charge is 0.231 e. The molecule has 0 bridgehead atoms. The summed E-state index contributed by atoms with van der Waals surface area (Å²) in [5.74, 6) is 2.78. The Bertz CT molecular complexity index is 997. The monoisotopic (exact) mass is 419 g/mol. The molecular formula is C26H33N3O2. The molecule has 1 aromatic heterocycles. The Kier molecular flexibility index (Phi) is 6.92. The minimum absolute atomic E-state index is 0.315. The van der Waals surface area contributed by atoms with Gasteiger partial charge in [0.1, 0.15) is 5.82 Å². The molecule has 0 amide bonds. The van der Waals surface area contributed by atoms with Crippen molar-refractivity contribution in [1.82, 2.24) is 14.5 Å². The number of aromatic nitrogens is 2. The molecule has 0 aliphatic carbocycles. The second-order valence-electron chi connectivity index (χ2n) is 8.24. The number of hydrogen-bond acceptors (Lipinski definition) is 4. The molecule has 0 radical (unpaired) electrons. The van der Waals surface area contributed by atoms with E-state index in [0.29, 0.717) is 6.79 Å². The van der Waals surface area contributed by atoms with Crippen molar-refractivity contribution in [3.8, 4) is 22.9 Å². The molecule has 164 valence electrons. The summed E-state index contributed by atoms with van der Waals surface area (Å²) in [6.07, 6.45) is 3.43. The third-order valence-corrected chi connectivity index (χ3v) is 5.80. The largest absolute Gasteiger partial charge is 0.454 e. The lowest BCUT2D eigenvalue weighted by Crippen LogP contribution is -2.25. The predicted octanol–water partition coefficient (Wildman–Crippen LogP) is 5.80. The lowest BCUT2D eigenvalue weighted by molar-refractivity contribution is 0.174. The first-order valence-electron chi connectivity index (χ1n) is 11.4. The molecule has 2 aromatic carbocycles. The highest BCUT2D eigenvalue weighted by molar-refractivity contribution is 5.56. The molecule has 0 N–H and O–H groups in total. The number of nitrogens with zero attached hydrogens (tertiary/aromatic N) is 3. The normalized spacial score (nSPS) is 12.6. The topological polar surface area (TPSA) is 39.5 Å². The Balaban J connectivity index is 1.61. The van der Waals surface area contributed by atoms with E-state index in [4.69, 9.17) is 14.5 Å². The number of hydrogen-bond donors (Lipinski definition) is 0. The van der Waals surface area contributed by atoms with Crippen LogP contribution in [0.2, 0.25) is 0 Å². The number of benzene rings is 2. The Hall–Kier alpha value is -2.79. The number of fused-ring (bicyclic) bond motifs is 1. The van der Waals surface area contributed by atoms with Crippen LogP contribution in [0.4, 0.5) is 0 Å². The number of unbranched alkanes of at least 4 members (excludes halogenated alkanes) is 1. The average Bonchev–Trinajstić information content (AvgIpc) is 3.37. The van der Waals surface area contributed by atoms with Crippen molar-refractivity contribution < 1.29 is 9.47 Å². The molecule has 0 fully saturated rings. The molecule has 31 heavy (non-hydrogen) atoms. The molecule has 4 rings (SSSR count). The summed E-state index contributed by atoms with van der Waals surface area (Å²) in [4.78, 5) is 7.51. The van der Waals surface area contributed by atoms with E-state index in [-0.39, 0.29) is 0 Å². The lowest BCUT2D eigenvalue weighted by Gasteiger charge is -2.23. The first kappa shape index (κ1) is 21.4. The van der Waals surface area contributed by atoms with Gasteiger partial charge in [-0.2, -0.15) is 0 Å². The summed E-state index contributed by atoms with van der Waals surface area (Å²) >= 11 is 0. The SMILES string of the molecule is CCCCn1c(-c2ccccc2)nc(C)c1CN(CCC)Cc1ccc2c(c1)OCO2. The lowest BCUT2D eigenvalue weighted by atomic mass is 10.1. The molecule has 2 heterocycles. The molecule has 1 aliphatic heterocycles. The molecule has 5 heteroatoms. The van der Waals surface area contributed by atoms with Gasteiger partial charge in [0, 0.05) is 25.2 Å². The summed E-state index contributed by atoms with van der Waals surface area (Å²) < 4.78 is 13.5. The Morgan fingerprint density at radius 3 is 2.55 bits per heavy atom. The highest BCUT2D eigenvalue weighted by atomic mass is 16.7. The zero-order chi connectivity index (χ0) is 21.6. The van der Waals surface area contributed by atoms with Gasteiger partial charge in [0.15, 0.2) is 11.5 Å². The number of ether oxygens (including phenoxy) is 2. The molecule has 0 atom stereocenters. The number of imidazole rings is 1. The third-order valence-electron chi connectivity index (χ3n) is 5.80. The molecule has 0 saturated heterocycles. The number of rotatable bonds is 10. The van der Waals surface area contributed by atoms with Crippen molar-refractivity contribution in [3.05, 3.63) is 65.5 Å². The van der Waals surface area contributed by atoms with Crippen molar-refractivity contribution in [2.24, 2.45) is 0 Å². The molecule has 1 aliphatic rings. The van der Waals surface area contributed by atoms with Crippen LogP contribution in [0.5, 0.6) is 11.5 Å². The van der Waals surface area contributed by atoms with Gasteiger partial charge in [0.05, 0.1) is 11.4 Å². The van der Waals surface area contributed by atoms with Crippen LogP contribution in [0.1, 0.15) is 50.1 Å². The summed E-state index contributed by atoms with van der Waals surface area (Å²) in [6.45, 7) is 10.7. The van der Waals surface area contributed by atoms with Gasteiger partial charge in [-0.15, -0.1) is 0 Å². The second kappa shape index (κ2) is 10.0. The van der Waals surface area contributed by atoms with Crippen LogP contribution in [-0.4, -0.2) is 27.8 Å². The minimum Gasteiger partial charge on any atom is -0.454 e.